The molecule has 6 rings (SSSR count). The van der Waals surface area contributed by atoms with Gasteiger partial charge in [-0.05, 0) is 35.4 Å². The summed E-state index contributed by atoms with van der Waals surface area (Å²) in [4.78, 5) is 56.3. The Morgan fingerprint density at radius 1 is 0.861 bits per heavy atom. The van der Waals surface area contributed by atoms with Crippen LogP contribution < -0.4 is 4.74 Å². The van der Waals surface area contributed by atoms with Crippen LogP contribution in [-0.2, 0) is 20.9 Å². The number of hydrogen-bond donors (Lipinski definition) is 0. The van der Waals surface area contributed by atoms with Gasteiger partial charge in [-0.15, -0.1) is 0 Å². The number of carbonyl (C=O) groups is 4. The minimum Gasteiger partial charge on any atom is -0.497 e. The van der Waals surface area contributed by atoms with Crippen molar-refractivity contribution in [3.8, 4) is 5.75 Å². The van der Waals surface area contributed by atoms with Gasteiger partial charge in [0.1, 0.15) is 5.75 Å². The highest BCUT2D eigenvalue weighted by Crippen LogP contribution is 2.57. The van der Waals surface area contributed by atoms with E-state index in [1.807, 2.05) is 0 Å². The molecule has 7 nitrogen and oxygen atoms in total. The van der Waals surface area contributed by atoms with Crippen molar-refractivity contribution in [3.63, 3.8) is 0 Å². The molecule has 3 aromatic rings. The van der Waals surface area contributed by atoms with Gasteiger partial charge in [-0.3, -0.25) is 24.1 Å². The molecule has 2 heterocycles. The van der Waals surface area contributed by atoms with E-state index in [-0.39, 0.29) is 17.7 Å². The van der Waals surface area contributed by atoms with Crippen LogP contribution >= 0.6 is 15.9 Å². The minimum absolute atomic E-state index is 0.0210. The van der Waals surface area contributed by atoms with E-state index in [0.717, 1.165) is 14.9 Å². The van der Waals surface area contributed by atoms with Gasteiger partial charge in [0.05, 0.1) is 31.6 Å². The number of ketones is 2. The maximum atomic E-state index is 13.8. The second-order valence-corrected chi connectivity index (χ2v) is 10.1. The number of ether oxygens (including phenoxy) is 2. The molecular formula is C28H20BrNO6. The first-order chi connectivity index (χ1) is 17.4. The lowest BCUT2D eigenvalue weighted by Crippen LogP contribution is -2.50. The number of Topliss-reactive ketones (excluding diaryl/α,β-unsaturated/α-hetero) is 2. The number of likely N-dealkylation sites (tertiary alicyclic amines) is 1. The van der Waals surface area contributed by atoms with Crippen LogP contribution in [0.2, 0.25) is 0 Å². The second kappa shape index (κ2) is 8.21. The zero-order valence-electron chi connectivity index (χ0n) is 19.1. The van der Waals surface area contributed by atoms with Gasteiger partial charge in [0, 0.05) is 15.6 Å². The molecule has 3 aliphatic rings. The Morgan fingerprint density at radius 3 is 2.06 bits per heavy atom. The highest BCUT2D eigenvalue weighted by Gasteiger charge is 2.74. The zero-order chi connectivity index (χ0) is 25.2. The average molecular weight is 546 g/mol. The predicted octanol–water partition coefficient (Wildman–Crippen LogP) is 4.15. The van der Waals surface area contributed by atoms with Gasteiger partial charge in [-0.25, -0.2) is 0 Å². The predicted molar refractivity (Wildman–Crippen MR) is 131 cm³/mol. The zero-order valence-corrected chi connectivity index (χ0v) is 20.7. The Balaban J connectivity index is 1.45. The number of imide groups is 1. The summed E-state index contributed by atoms with van der Waals surface area (Å²) in [5, 5.41) is 0. The summed E-state index contributed by atoms with van der Waals surface area (Å²) < 4.78 is 12.3. The van der Waals surface area contributed by atoms with Crippen LogP contribution in [0, 0.1) is 11.8 Å². The summed E-state index contributed by atoms with van der Waals surface area (Å²) in [5.41, 5.74) is -0.291. The van der Waals surface area contributed by atoms with E-state index < -0.39 is 46.9 Å². The Morgan fingerprint density at radius 2 is 1.47 bits per heavy atom. The van der Waals surface area contributed by atoms with E-state index in [2.05, 4.69) is 15.9 Å². The number of amides is 2. The number of nitrogens with zero attached hydrogens (tertiary/aromatic N) is 1. The quantitative estimate of drug-likeness (QED) is 0.361. The number of halogens is 1. The van der Waals surface area contributed by atoms with Crippen LogP contribution in [0.1, 0.15) is 37.9 Å². The van der Waals surface area contributed by atoms with E-state index in [0.29, 0.717) is 11.3 Å². The van der Waals surface area contributed by atoms with E-state index in [4.69, 9.17) is 9.47 Å². The monoisotopic (exact) mass is 545 g/mol. The van der Waals surface area contributed by atoms with E-state index in [1.54, 1.807) is 79.9 Å². The van der Waals surface area contributed by atoms with Crippen molar-refractivity contribution in [1.82, 2.24) is 4.90 Å². The average Bonchev–Trinajstić information content (AvgIpc) is 3.46. The molecule has 2 aliphatic heterocycles. The molecule has 36 heavy (non-hydrogen) atoms. The number of carbonyl (C=O) groups excluding carboxylic acids is 4. The molecule has 180 valence electrons. The van der Waals surface area contributed by atoms with Crippen LogP contribution in [0.15, 0.2) is 77.3 Å². The third-order valence-corrected chi connectivity index (χ3v) is 7.84. The fraction of sp³-hybridized carbons (Fsp3) is 0.214. The lowest BCUT2D eigenvalue weighted by molar-refractivity contribution is -0.145. The number of benzene rings is 3. The van der Waals surface area contributed by atoms with Crippen LogP contribution in [0.3, 0.4) is 0 Å². The van der Waals surface area contributed by atoms with Gasteiger partial charge in [0.2, 0.25) is 29.0 Å². The smallest absolute Gasteiger partial charge is 0.237 e. The first kappa shape index (κ1) is 22.8. The SMILES string of the molecule is COc1ccc(CN2C(=O)[C@@H]3[C@@H](c4ccc(Br)cc4)OC4(C(=O)c5ccccc5C4=O)[C@@H]3C2=O)cc1. The Hall–Kier alpha value is -3.62. The Bertz CT molecular complexity index is 1400. The molecule has 2 saturated heterocycles. The highest BCUT2D eigenvalue weighted by molar-refractivity contribution is 9.10. The number of fused-ring (bicyclic) bond motifs is 3. The summed E-state index contributed by atoms with van der Waals surface area (Å²) in [6, 6.07) is 20.6. The molecular weight excluding hydrogens is 526 g/mol. The van der Waals surface area contributed by atoms with Gasteiger partial charge in [-0.2, -0.15) is 0 Å². The Labute approximate surface area is 215 Å². The molecule has 2 amide bonds. The van der Waals surface area contributed by atoms with Crippen molar-refractivity contribution >= 4 is 39.3 Å². The van der Waals surface area contributed by atoms with Crippen molar-refractivity contribution in [2.24, 2.45) is 11.8 Å². The third kappa shape index (κ3) is 3.07. The van der Waals surface area contributed by atoms with Crippen molar-refractivity contribution in [2.45, 2.75) is 18.2 Å². The van der Waals surface area contributed by atoms with Gasteiger partial charge in [0.25, 0.3) is 0 Å². The molecule has 1 spiro atoms. The standard InChI is InChI=1S/C28H20BrNO6/c1-35-18-12-6-15(7-13-18)14-30-26(33)21-22(27(30)34)28(36-23(21)16-8-10-17(29)11-9-16)24(31)19-4-2-3-5-20(19)25(28)32/h2-13,21-23H,14H2,1H3/t21-,22-,23+/m0/s1. The summed E-state index contributed by atoms with van der Waals surface area (Å²) in [7, 11) is 1.55. The van der Waals surface area contributed by atoms with Crippen molar-refractivity contribution in [2.75, 3.05) is 7.11 Å². The van der Waals surface area contributed by atoms with Gasteiger partial charge in [-0.1, -0.05) is 64.5 Å². The fourth-order valence-electron chi connectivity index (χ4n) is 5.60. The molecule has 0 bridgehead atoms. The van der Waals surface area contributed by atoms with Gasteiger partial charge >= 0.3 is 0 Å². The van der Waals surface area contributed by atoms with Crippen LogP contribution in [0.5, 0.6) is 5.75 Å². The molecule has 3 aromatic carbocycles. The van der Waals surface area contributed by atoms with Crippen LogP contribution in [0.4, 0.5) is 0 Å². The van der Waals surface area contributed by atoms with Crippen LogP contribution in [-0.4, -0.2) is 41.0 Å². The molecule has 0 aromatic heterocycles. The van der Waals surface area contributed by atoms with Gasteiger partial charge in [0.15, 0.2) is 0 Å². The topological polar surface area (TPSA) is 90.0 Å². The second-order valence-electron chi connectivity index (χ2n) is 9.14. The molecule has 0 radical (unpaired) electrons. The largest absolute Gasteiger partial charge is 0.497 e. The third-order valence-electron chi connectivity index (χ3n) is 7.31. The molecule has 2 fully saturated rings. The lowest BCUT2D eigenvalue weighted by atomic mass is 9.77. The molecule has 8 heteroatoms. The molecule has 0 unspecified atom stereocenters. The van der Waals surface area contributed by atoms with Gasteiger partial charge < -0.3 is 9.47 Å². The lowest BCUT2D eigenvalue weighted by Gasteiger charge is -2.27. The summed E-state index contributed by atoms with van der Waals surface area (Å²) >= 11 is 3.40. The van der Waals surface area contributed by atoms with Crippen LogP contribution in [0.25, 0.3) is 0 Å². The summed E-state index contributed by atoms with van der Waals surface area (Å²) in [6.45, 7) is 0.0210. The normalized spacial score (nSPS) is 23.9. The van der Waals surface area contributed by atoms with E-state index in [9.17, 15) is 19.2 Å². The van der Waals surface area contributed by atoms with E-state index in [1.165, 1.54) is 0 Å². The van der Waals surface area contributed by atoms with Crippen molar-refractivity contribution in [1.29, 1.82) is 0 Å². The van der Waals surface area contributed by atoms with Crippen molar-refractivity contribution in [3.05, 3.63) is 99.5 Å². The first-order valence-corrected chi connectivity index (χ1v) is 12.3. The maximum Gasteiger partial charge on any atom is 0.237 e. The fourth-order valence-corrected chi connectivity index (χ4v) is 5.86. The summed E-state index contributed by atoms with van der Waals surface area (Å²) in [5.74, 6) is -3.76. The number of methoxy groups -OCH3 is 1. The maximum absolute atomic E-state index is 13.8. The summed E-state index contributed by atoms with van der Waals surface area (Å²) in [6.07, 6.45) is -0.928. The first-order valence-electron chi connectivity index (χ1n) is 11.5. The molecule has 0 N–H and O–H groups in total. The highest BCUT2D eigenvalue weighted by atomic mass is 79.9. The molecule has 1 aliphatic carbocycles. The number of hydrogen-bond acceptors (Lipinski definition) is 6. The molecule has 0 saturated carbocycles. The van der Waals surface area contributed by atoms with Crippen molar-refractivity contribution < 1.29 is 28.7 Å². The minimum atomic E-state index is -2.06. The molecule has 3 atom stereocenters. The number of rotatable bonds is 4. The van der Waals surface area contributed by atoms with E-state index >= 15 is 0 Å². The Kier molecular flexibility index (Phi) is 5.21.